The van der Waals surface area contributed by atoms with Gasteiger partial charge in [0.15, 0.2) is 0 Å². The second kappa shape index (κ2) is 11.4. The second-order valence-corrected chi connectivity index (χ2v) is 12.3. The minimum Gasteiger partial charge on any atom is -0.631 e. The van der Waals surface area contributed by atoms with Gasteiger partial charge in [-0.1, -0.05) is 51.4 Å². The lowest BCUT2D eigenvalue weighted by molar-refractivity contribution is -0.952. The van der Waals surface area contributed by atoms with Gasteiger partial charge >= 0.3 is 0 Å². The Kier molecular flexibility index (Phi) is 8.55. The largest absolute Gasteiger partial charge is 0.631 e. The third-order valence-electron chi connectivity index (χ3n) is 9.77. The summed E-state index contributed by atoms with van der Waals surface area (Å²) < 4.78 is 12.8. The van der Waals surface area contributed by atoms with Crippen LogP contribution in [0.3, 0.4) is 0 Å². The Hall–Kier alpha value is -0.240. The summed E-state index contributed by atoms with van der Waals surface area (Å²) in [7, 11) is 0. The van der Waals surface area contributed by atoms with Gasteiger partial charge in [0.1, 0.15) is 11.8 Å². The van der Waals surface area contributed by atoms with Crippen LogP contribution in [0.4, 0.5) is 0 Å². The number of hydrogen-bond donors (Lipinski definition) is 1. The van der Waals surface area contributed by atoms with Crippen LogP contribution in [0, 0.1) is 11.1 Å². The molecule has 1 N–H and O–H groups in total. The van der Waals surface area contributed by atoms with E-state index in [0.717, 1.165) is 44.4 Å². The van der Waals surface area contributed by atoms with Crippen LogP contribution in [0.1, 0.15) is 116 Å². The molecule has 5 saturated heterocycles. The number of quaternary nitrogens is 1. The molecule has 0 radical (unpaired) electrons. The van der Waals surface area contributed by atoms with Gasteiger partial charge in [-0.15, -0.1) is 0 Å². The summed E-state index contributed by atoms with van der Waals surface area (Å²) in [5, 5.41) is 25.1. The molecule has 6 nitrogen and oxygen atoms in total. The highest BCUT2D eigenvalue weighted by molar-refractivity contribution is 4.90. The van der Waals surface area contributed by atoms with E-state index >= 15 is 0 Å². The van der Waals surface area contributed by atoms with Gasteiger partial charge in [0, 0.05) is 19.5 Å². The van der Waals surface area contributed by atoms with E-state index in [1.807, 2.05) is 0 Å². The quantitative estimate of drug-likeness (QED) is 0.370. The number of fused-ring (bicyclic) bond motifs is 2. The molecule has 0 amide bonds. The lowest BCUT2D eigenvalue weighted by atomic mass is 9.83. The van der Waals surface area contributed by atoms with Gasteiger partial charge in [0.05, 0.1) is 25.3 Å². The van der Waals surface area contributed by atoms with Crippen molar-refractivity contribution in [2.75, 3.05) is 26.2 Å². The van der Waals surface area contributed by atoms with Crippen molar-refractivity contribution in [2.45, 2.75) is 146 Å². The molecule has 5 aliphatic rings. The van der Waals surface area contributed by atoms with Crippen LogP contribution in [0.15, 0.2) is 0 Å². The molecule has 4 bridgehead atoms. The maximum atomic E-state index is 13.5. The number of aliphatic hydroxyl groups is 1. The Labute approximate surface area is 207 Å². The second-order valence-electron chi connectivity index (χ2n) is 12.3. The number of hydroxylamine groups is 3. The molecule has 0 aromatic carbocycles. The third-order valence-corrected chi connectivity index (χ3v) is 9.77. The fourth-order valence-electron chi connectivity index (χ4n) is 7.80. The van der Waals surface area contributed by atoms with Crippen molar-refractivity contribution in [1.29, 1.82) is 0 Å². The molecule has 0 saturated carbocycles. The number of rotatable bonds is 0. The third kappa shape index (κ3) is 5.84. The predicted octanol–water partition coefficient (Wildman–Crippen LogP) is 5.46. The first-order chi connectivity index (χ1) is 16.6. The number of piperidine rings is 2. The summed E-state index contributed by atoms with van der Waals surface area (Å²) in [6, 6.07) is 0. The van der Waals surface area contributed by atoms with Crippen LogP contribution in [0.5, 0.6) is 0 Å². The van der Waals surface area contributed by atoms with E-state index in [4.69, 9.17) is 9.47 Å². The Morgan fingerprint density at radius 1 is 0.676 bits per heavy atom. The summed E-state index contributed by atoms with van der Waals surface area (Å²) in [6.45, 7) is 3.68. The average Bonchev–Trinajstić information content (AvgIpc) is 2.83. The Balaban J connectivity index is 1.20. The molecule has 0 unspecified atom stereocenters. The standard InChI is InChI=1S/C28H50N2O4/c31-28-17-8-4-3-7-13-24-15-20-29-19-9-12-23(26(29)33-24)11-5-1-2-6-14-25-16-22-30(32,21-10-18-28)27(28)34-25/h23-27,31H,1-22H2/t23-,24-,25-,26+,27+,28-,30-/m1/s1. The zero-order valence-electron chi connectivity index (χ0n) is 21.5. The van der Waals surface area contributed by atoms with Gasteiger partial charge in [0.2, 0.25) is 6.23 Å². The zero-order chi connectivity index (χ0) is 23.4. The smallest absolute Gasteiger partial charge is 0.222 e. The number of hydrogen-bond acceptors (Lipinski definition) is 5. The first-order valence-electron chi connectivity index (χ1n) is 14.9. The maximum Gasteiger partial charge on any atom is 0.222 e. The molecule has 0 aliphatic carbocycles. The van der Waals surface area contributed by atoms with E-state index < -0.39 is 11.8 Å². The van der Waals surface area contributed by atoms with Crippen LogP contribution in [0.2, 0.25) is 0 Å². The van der Waals surface area contributed by atoms with Crippen LogP contribution in [-0.4, -0.2) is 71.1 Å². The SMILES string of the molecule is [O-][N@+]12CCC[C@]3(O)CCCCCC[C@@H]4CCN5CCC[C@@H](CCCCCC[C@H](CC1)O[C@@H]32)[C@@H]5O4. The molecule has 0 aromatic heterocycles. The van der Waals surface area contributed by atoms with E-state index in [-0.39, 0.29) is 10.8 Å². The van der Waals surface area contributed by atoms with Crippen molar-refractivity contribution in [3.8, 4) is 0 Å². The molecular weight excluding hydrogens is 428 g/mol. The van der Waals surface area contributed by atoms with Crippen LogP contribution in [-0.2, 0) is 9.47 Å². The van der Waals surface area contributed by atoms with Crippen molar-refractivity contribution in [1.82, 2.24) is 4.90 Å². The van der Waals surface area contributed by atoms with E-state index in [1.165, 1.54) is 83.7 Å². The van der Waals surface area contributed by atoms with Gasteiger partial charge in [-0.25, -0.2) is 0 Å². The van der Waals surface area contributed by atoms with Crippen molar-refractivity contribution in [3.63, 3.8) is 0 Å². The van der Waals surface area contributed by atoms with Gasteiger partial charge < -0.3 is 24.4 Å². The molecule has 5 heterocycles. The van der Waals surface area contributed by atoms with Crippen molar-refractivity contribution < 1.29 is 19.2 Å². The van der Waals surface area contributed by atoms with Crippen molar-refractivity contribution >= 4 is 0 Å². The molecule has 5 rings (SSSR count). The summed E-state index contributed by atoms with van der Waals surface area (Å²) in [6.07, 6.45) is 20.4. The molecule has 196 valence electrons. The van der Waals surface area contributed by atoms with Crippen LogP contribution < -0.4 is 0 Å². The normalized spacial score (nSPS) is 45.9. The first-order valence-corrected chi connectivity index (χ1v) is 14.9. The zero-order valence-corrected chi connectivity index (χ0v) is 21.5. The van der Waals surface area contributed by atoms with Crippen LogP contribution >= 0.6 is 0 Å². The fraction of sp³-hybridized carbons (Fsp3) is 1.00. The first kappa shape index (κ1) is 25.4. The molecule has 34 heavy (non-hydrogen) atoms. The minimum atomic E-state index is -0.939. The highest BCUT2D eigenvalue weighted by Gasteiger charge is 2.53. The van der Waals surface area contributed by atoms with Gasteiger partial charge in [0.25, 0.3) is 0 Å². The van der Waals surface area contributed by atoms with Crippen LogP contribution in [0.25, 0.3) is 0 Å². The molecule has 0 aromatic rings. The van der Waals surface area contributed by atoms with E-state index in [9.17, 15) is 10.3 Å². The highest BCUT2D eigenvalue weighted by Crippen LogP contribution is 2.42. The summed E-state index contributed by atoms with van der Waals surface area (Å²) in [5.41, 5.74) is -0.939. The van der Waals surface area contributed by atoms with E-state index in [2.05, 4.69) is 4.90 Å². The average molecular weight is 479 g/mol. The van der Waals surface area contributed by atoms with Crippen molar-refractivity contribution in [3.05, 3.63) is 5.21 Å². The molecular formula is C28H50N2O4. The highest BCUT2D eigenvalue weighted by atomic mass is 16.6. The monoisotopic (exact) mass is 478 g/mol. The lowest BCUT2D eigenvalue weighted by Crippen LogP contribution is -2.69. The van der Waals surface area contributed by atoms with Gasteiger partial charge in [-0.3, -0.25) is 4.90 Å². The number of nitrogens with zero attached hydrogens (tertiary/aromatic N) is 2. The Morgan fingerprint density at radius 3 is 2.18 bits per heavy atom. The predicted molar refractivity (Wildman–Crippen MR) is 134 cm³/mol. The summed E-state index contributed by atoms with van der Waals surface area (Å²) in [5.74, 6) is 0.718. The van der Waals surface area contributed by atoms with Gasteiger partial charge in [-0.2, -0.15) is 0 Å². The minimum absolute atomic E-state index is 0.153. The molecule has 7 atom stereocenters. The molecule has 0 spiro atoms. The lowest BCUT2D eigenvalue weighted by Gasteiger charge is -2.59. The Bertz CT molecular complexity index is 650. The molecule has 5 fully saturated rings. The summed E-state index contributed by atoms with van der Waals surface area (Å²) >= 11 is 0. The van der Waals surface area contributed by atoms with E-state index in [0.29, 0.717) is 31.8 Å². The molecule has 5 aliphatic heterocycles. The van der Waals surface area contributed by atoms with Crippen molar-refractivity contribution in [2.24, 2.45) is 5.92 Å². The van der Waals surface area contributed by atoms with E-state index in [1.54, 1.807) is 0 Å². The van der Waals surface area contributed by atoms with Gasteiger partial charge in [-0.05, 0) is 63.7 Å². The number of ether oxygens (including phenoxy) is 2. The topological polar surface area (TPSA) is 65.0 Å². The fourth-order valence-corrected chi connectivity index (χ4v) is 7.80. The molecule has 6 heteroatoms. The summed E-state index contributed by atoms with van der Waals surface area (Å²) in [4.78, 5) is 2.63. The Morgan fingerprint density at radius 2 is 1.35 bits per heavy atom. The maximum absolute atomic E-state index is 13.5.